The van der Waals surface area contributed by atoms with E-state index in [4.69, 9.17) is 32.4 Å². The molecule has 3 N–H and O–H groups in total. The molecule has 0 saturated heterocycles. The van der Waals surface area contributed by atoms with Gasteiger partial charge < -0.3 is 14.5 Å². The third-order valence-electron chi connectivity index (χ3n) is 3.25. The highest BCUT2D eigenvalue weighted by atomic mass is 79.9. The molecule has 1 aromatic carbocycles. The summed E-state index contributed by atoms with van der Waals surface area (Å²) in [6, 6.07) is 7.86. The molecule has 0 radical (unpaired) electrons. The molecule has 11 heteroatoms. The van der Waals surface area contributed by atoms with Crippen LogP contribution < -0.4 is 20.9 Å². The smallest absolute Gasteiger partial charge is 0.287 e. The molecule has 0 saturated carbocycles. The van der Waals surface area contributed by atoms with Gasteiger partial charge in [0.2, 0.25) is 5.91 Å². The zero-order valence-corrected chi connectivity index (χ0v) is 17.5. The Morgan fingerprint density at radius 3 is 2.50 bits per heavy atom. The summed E-state index contributed by atoms with van der Waals surface area (Å²) in [6.45, 7) is -0.0624. The van der Waals surface area contributed by atoms with Gasteiger partial charge in [0.1, 0.15) is 5.75 Å². The van der Waals surface area contributed by atoms with E-state index in [1.54, 1.807) is 24.3 Å². The minimum Gasteiger partial charge on any atom is -0.492 e. The maximum atomic E-state index is 11.7. The van der Waals surface area contributed by atoms with Crippen LogP contribution in [0.3, 0.4) is 0 Å². The third-order valence-corrected chi connectivity index (χ3v) is 4.20. The number of hydrogen-bond donors (Lipinski definition) is 3. The van der Waals surface area contributed by atoms with Crippen molar-refractivity contribution in [3.8, 4) is 5.75 Å². The van der Waals surface area contributed by atoms with Crippen LogP contribution in [0, 0.1) is 0 Å². The number of ether oxygens (including phenoxy) is 1. The molecule has 0 aliphatic carbocycles. The van der Waals surface area contributed by atoms with Crippen LogP contribution in [-0.2, 0) is 9.59 Å². The third kappa shape index (κ3) is 7.41. The maximum Gasteiger partial charge on any atom is 0.287 e. The van der Waals surface area contributed by atoms with Crippen LogP contribution in [-0.4, -0.2) is 30.9 Å². The first-order valence-electron chi connectivity index (χ1n) is 8.04. The SMILES string of the molecule is O=C(CCCOc1ccc(Cl)cc1Cl)NNC(=O)CNC(=O)c1ccc(Br)o1. The zero-order chi connectivity index (χ0) is 20.5. The van der Waals surface area contributed by atoms with E-state index in [0.717, 1.165) is 0 Å². The predicted molar refractivity (Wildman–Crippen MR) is 106 cm³/mol. The molecule has 8 nitrogen and oxygen atoms in total. The molecule has 0 aliphatic heterocycles. The molecule has 0 aliphatic rings. The lowest BCUT2D eigenvalue weighted by atomic mass is 10.3. The van der Waals surface area contributed by atoms with Crippen molar-refractivity contribution in [1.29, 1.82) is 0 Å². The van der Waals surface area contributed by atoms with Crippen molar-refractivity contribution in [2.45, 2.75) is 12.8 Å². The number of hydrogen-bond acceptors (Lipinski definition) is 5. The quantitative estimate of drug-likeness (QED) is 0.387. The highest BCUT2D eigenvalue weighted by Crippen LogP contribution is 2.27. The van der Waals surface area contributed by atoms with E-state index in [0.29, 0.717) is 26.9 Å². The normalized spacial score (nSPS) is 10.2. The van der Waals surface area contributed by atoms with Gasteiger partial charge in [-0.1, -0.05) is 23.2 Å². The Kier molecular flexibility index (Phi) is 8.62. The monoisotopic (exact) mass is 491 g/mol. The number of hydrazine groups is 1. The van der Waals surface area contributed by atoms with E-state index >= 15 is 0 Å². The number of furan rings is 1. The van der Waals surface area contributed by atoms with Crippen molar-refractivity contribution in [1.82, 2.24) is 16.2 Å². The number of rotatable bonds is 8. The minimum absolute atomic E-state index is 0.0597. The molecule has 0 atom stereocenters. The van der Waals surface area contributed by atoms with Crippen LogP contribution in [0.2, 0.25) is 10.0 Å². The fraction of sp³-hybridized carbons (Fsp3) is 0.235. The van der Waals surface area contributed by atoms with E-state index in [9.17, 15) is 14.4 Å². The molecule has 0 bridgehead atoms. The topological polar surface area (TPSA) is 110 Å². The summed E-state index contributed by atoms with van der Waals surface area (Å²) in [5.74, 6) is -1.01. The summed E-state index contributed by atoms with van der Waals surface area (Å²) >= 11 is 14.8. The highest BCUT2D eigenvalue weighted by Gasteiger charge is 2.12. The average Bonchev–Trinajstić information content (AvgIpc) is 3.09. The van der Waals surface area contributed by atoms with Crippen LogP contribution >= 0.6 is 39.1 Å². The first kappa shape index (κ1) is 22.1. The summed E-state index contributed by atoms with van der Waals surface area (Å²) in [6.07, 6.45) is 0.531. The van der Waals surface area contributed by atoms with Crippen molar-refractivity contribution in [3.63, 3.8) is 0 Å². The summed E-state index contributed by atoms with van der Waals surface area (Å²) < 4.78 is 10.9. The molecule has 1 heterocycles. The second-order valence-corrected chi connectivity index (χ2v) is 7.03. The van der Waals surface area contributed by atoms with Crippen LogP contribution in [0.25, 0.3) is 0 Å². The van der Waals surface area contributed by atoms with E-state index in [-0.39, 0.29) is 25.3 Å². The Labute approximate surface area is 179 Å². The van der Waals surface area contributed by atoms with Crippen molar-refractivity contribution in [2.24, 2.45) is 0 Å². The van der Waals surface area contributed by atoms with Gasteiger partial charge in [-0.3, -0.25) is 25.2 Å². The Morgan fingerprint density at radius 1 is 1.07 bits per heavy atom. The van der Waals surface area contributed by atoms with Crippen molar-refractivity contribution < 1.29 is 23.5 Å². The van der Waals surface area contributed by atoms with Gasteiger partial charge in [-0.2, -0.15) is 0 Å². The number of halogens is 3. The molecule has 3 amide bonds. The minimum atomic E-state index is -0.587. The summed E-state index contributed by atoms with van der Waals surface area (Å²) in [5, 5.41) is 3.24. The van der Waals surface area contributed by atoms with Gasteiger partial charge in [0.05, 0.1) is 18.2 Å². The Morgan fingerprint density at radius 2 is 1.82 bits per heavy atom. The molecule has 1 aromatic heterocycles. The van der Waals surface area contributed by atoms with E-state index < -0.39 is 17.7 Å². The lowest BCUT2D eigenvalue weighted by Gasteiger charge is -2.09. The first-order chi connectivity index (χ1) is 13.3. The fourth-order valence-electron chi connectivity index (χ4n) is 1.94. The van der Waals surface area contributed by atoms with Crippen molar-refractivity contribution in [3.05, 3.63) is 50.8 Å². The standard InChI is InChI=1S/C17H16BrCl2N3O5/c18-14-6-5-13(28-14)17(26)21-9-16(25)23-22-15(24)2-1-7-27-12-4-3-10(19)8-11(12)20/h3-6,8H,1-2,7,9H2,(H,21,26)(H,22,24)(H,23,25). The van der Waals surface area contributed by atoms with Gasteiger partial charge in [-0.15, -0.1) is 0 Å². The van der Waals surface area contributed by atoms with Crippen LogP contribution in [0.15, 0.2) is 39.4 Å². The largest absolute Gasteiger partial charge is 0.492 e. The van der Waals surface area contributed by atoms with Gasteiger partial charge in [0.15, 0.2) is 10.4 Å². The fourth-order valence-corrected chi connectivity index (χ4v) is 2.71. The number of carbonyl (C=O) groups excluding carboxylic acids is 3. The number of nitrogens with one attached hydrogen (secondary N) is 3. The second kappa shape index (κ2) is 10.9. The number of amides is 3. The van der Waals surface area contributed by atoms with Gasteiger partial charge in [0, 0.05) is 11.4 Å². The Balaban J connectivity index is 1.58. The van der Waals surface area contributed by atoms with E-state index in [2.05, 4.69) is 32.1 Å². The highest BCUT2D eigenvalue weighted by molar-refractivity contribution is 9.10. The summed E-state index contributed by atoms with van der Waals surface area (Å²) in [5.41, 5.74) is 4.45. The van der Waals surface area contributed by atoms with E-state index in [1.807, 2.05) is 0 Å². The van der Waals surface area contributed by atoms with Gasteiger partial charge in [-0.05, 0) is 52.7 Å². The van der Waals surface area contributed by atoms with Crippen molar-refractivity contribution in [2.75, 3.05) is 13.2 Å². The average molecular weight is 493 g/mol. The van der Waals surface area contributed by atoms with Gasteiger partial charge >= 0.3 is 0 Å². The molecule has 0 spiro atoms. The van der Waals surface area contributed by atoms with Crippen LogP contribution in [0.4, 0.5) is 0 Å². The van der Waals surface area contributed by atoms with Crippen molar-refractivity contribution >= 4 is 56.9 Å². The molecule has 2 aromatic rings. The molecule has 28 heavy (non-hydrogen) atoms. The molecular weight excluding hydrogens is 477 g/mol. The molecule has 150 valence electrons. The zero-order valence-electron chi connectivity index (χ0n) is 14.4. The molecule has 2 rings (SSSR count). The van der Waals surface area contributed by atoms with E-state index in [1.165, 1.54) is 6.07 Å². The second-order valence-electron chi connectivity index (χ2n) is 5.41. The van der Waals surface area contributed by atoms with Gasteiger partial charge in [-0.25, -0.2) is 0 Å². The van der Waals surface area contributed by atoms with Gasteiger partial charge in [0.25, 0.3) is 11.8 Å². The Bertz CT molecular complexity index is 859. The van der Waals surface area contributed by atoms with Crippen LogP contribution in [0.5, 0.6) is 5.75 Å². The molecule has 0 fully saturated rings. The summed E-state index contributed by atoms with van der Waals surface area (Å²) in [4.78, 5) is 35.0. The Hall–Kier alpha value is -2.23. The molecule has 0 unspecified atom stereocenters. The molecular formula is C17H16BrCl2N3O5. The number of carbonyl (C=O) groups is 3. The maximum absolute atomic E-state index is 11.7. The number of benzene rings is 1. The first-order valence-corrected chi connectivity index (χ1v) is 9.59. The predicted octanol–water partition coefficient (Wildman–Crippen LogP) is 3.09. The summed E-state index contributed by atoms with van der Waals surface area (Å²) in [7, 11) is 0. The lowest BCUT2D eigenvalue weighted by Crippen LogP contribution is -2.46. The lowest BCUT2D eigenvalue weighted by molar-refractivity contribution is -0.128. The van der Waals surface area contributed by atoms with Crippen LogP contribution in [0.1, 0.15) is 23.4 Å².